The average molecular weight is 339 g/mol. The number of halogens is 2. The Morgan fingerprint density at radius 1 is 1.43 bits per heavy atom. The lowest BCUT2D eigenvalue weighted by molar-refractivity contribution is -0.124. The fourth-order valence-electron chi connectivity index (χ4n) is 2.21. The molecular formula is C11H15F2N3O3S2. The second-order valence-corrected chi connectivity index (χ2v) is 7.81. The summed E-state index contributed by atoms with van der Waals surface area (Å²) >= 11 is 0.754. The summed E-state index contributed by atoms with van der Waals surface area (Å²) in [7, 11) is -3.88. The topological polar surface area (TPSA) is 102 Å². The minimum Gasteiger partial charge on any atom is -0.302 e. The Balaban J connectivity index is 2.04. The number of alkyl halides is 2. The van der Waals surface area contributed by atoms with E-state index >= 15 is 0 Å². The maximum absolute atomic E-state index is 13.0. The lowest BCUT2D eigenvalue weighted by Crippen LogP contribution is -2.31. The monoisotopic (exact) mass is 339 g/mol. The van der Waals surface area contributed by atoms with E-state index in [4.69, 9.17) is 5.14 Å². The summed E-state index contributed by atoms with van der Waals surface area (Å²) in [5, 5.41) is 7.61. The summed E-state index contributed by atoms with van der Waals surface area (Å²) in [5.74, 6) is -3.62. The number of aryl methyl sites for hydroxylation is 1. The van der Waals surface area contributed by atoms with Gasteiger partial charge in [0, 0.05) is 18.8 Å². The predicted molar refractivity (Wildman–Crippen MR) is 73.8 cm³/mol. The number of thiazole rings is 1. The van der Waals surface area contributed by atoms with E-state index in [1.807, 2.05) is 0 Å². The minimum atomic E-state index is -3.88. The first kappa shape index (κ1) is 16.2. The van der Waals surface area contributed by atoms with Crippen molar-refractivity contribution in [3.05, 3.63) is 5.69 Å². The van der Waals surface area contributed by atoms with Crippen LogP contribution in [0.25, 0.3) is 0 Å². The van der Waals surface area contributed by atoms with Gasteiger partial charge >= 0.3 is 0 Å². The molecule has 1 aromatic heterocycles. The molecule has 0 saturated heterocycles. The van der Waals surface area contributed by atoms with Gasteiger partial charge in [-0.25, -0.2) is 27.3 Å². The van der Waals surface area contributed by atoms with Gasteiger partial charge in [-0.05, 0) is 19.8 Å². The maximum Gasteiger partial charge on any atom is 0.249 e. The zero-order chi connectivity index (χ0) is 15.8. The highest BCUT2D eigenvalue weighted by Crippen LogP contribution is 2.37. The van der Waals surface area contributed by atoms with Crippen molar-refractivity contribution in [1.29, 1.82) is 0 Å². The van der Waals surface area contributed by atoms with E-state index in [0.29, 0.717) is 0 Å². The van der Waals surface area contributed by atoms with Crippen LogP contribution >= 0.6 is 11.3 Å². The van der Waals surface area contributed by atoms with Crippen LogP contribution in [0.1, 0.15) is 31.4 Å². The molecule has 0 aliphatic heterocycles. The molecule has 1 amide bonds. The highest BCUT2D eigenvalue weighted by atomic mass is 32.2. The summed E-state index contributed by atoms with van der Waals surface area (Å²) in [5.41, 5.74) is 0.202. The van der Waals surface area contributed by atoms with E-state index < -0.39 is 27.8 Å². The van der Waals surface area contributed by atoms with Crippen molar-refractivity contribution in [3.63, 3.8) is 0 Å². The largest absolute Gasteiger partial charge is 0.302 e. The molecule has 0 spiro atoms. The fraction of sp³-hybridized carbons (Fsp3) is 0.636. The van der Waals surface area contributed by atoms with Gasteiger partial charge in [0.05, 0.1) is 5.69 Å². The van der Waals surface area contributed by atoms with E-state index in [2.05, 4.69) is 10.3 Å². The molecule has 3 N–H and O–H groups in total. The molecule has 0 atom stereocenters. The number of nitrogens with one attached hydrogen (secondary N) is 1. The highest BCUT2D eigenvalue weighted by Gasteiger charge is 2.37. The van der Waals surface area contributed by atoms with Crippen molar-refractivity contribution in [2.24, 2.45) is 11.1 Å². The number of nitrogens with zero attached hydrogens (tertiary/aromatic N) is 1. The Morgan fingerprint density at radius 3 is 2.48 bits per heavy atom. The lowest BCUT2D eigenvalue weighted by Gasteiger charge is -2.27. The van der Waals surface area contributed by atoms with Crippen LogP contribution in [0.5, 0.6) is 0 Å². The number of nitrogens with two attached hydrogens (primary N) is 1. The van der Waals surface area contributed by atoms with E-state index in [1.165, 1.54) is 6.92 Å². The van der Waals surface area contributed by atoms with E-state index in [-0.39, 0.29) is 40.7 Å². The van der Waals surface area contributed by atoms with Crippen LogP contribution in [0, 0.1) is 12.8 Å². The van der Waals surface area contributed by atoms with Crippen molar-refractivity contribution >= 4 is 32.4 Å². The smallest absolute Gasteiger partial charge is 0.249 e. The Kier molecular flexibility index (Phi) is 4.31. The summed E-state index contributed by atoms with van der Waals surface area (Å²) in [6.45, 7) is 1.47. The first-order valence-electron chi connectivity index (χ1n) is 6.27. The van der Waals surface area contributed by atoms with Crippen LogP contribution in [0.4, 0.5) is 13.9 Å². The number of carbonyl (C=O) groups excluding carboxylic acids is 1. The maximum atomic E-state index is 13.0. The van der Waals surface area contributed by atoms with Gasteiger partial charge in [0.2, 0.25) is 21.9 Å². The van der Waals surface area contributed by atoms with Crippen LogP contribution in [0.2, 0.25) is 0 Å². The number of aromatic nitrogens is 1. The third-order valence-electron chi connectivity index (χ3n) is 3.33. The standard InChI is InChI=1S/C11H15F2N3O3S2/c1-6-9(21(14,18)19)20-10(15-6)16-8(17)7-2-4-11(12,13)5-3-7/h7H,2-5H2,1H3,(H2,14,18,19)(H,15,16,17). The third-order valence-corrected chi connectivity index (χ3v) is 5.96. The van der Waals surface area contributed by atoms with Gasteiger partial charge in [-0.3, -0.25) is 4.79 Å². The predicted octanol–water partition coefficient (Wildman–Crippen LogP) is 1.86. The van der Waals surface area contributed by atoms with Crippen molar-refractivity contribution in [1.82, 2.24) is 4.98 Å². The molecule has 21 heavy (non-hydrogen) atoms. The van der Waals surface area contributed by atoms with Crippen LogP contribution in [-0.4, -0.2) is 25.2 Å². The van der Waals surface area contributed by atoms with Crippen LogP contribution < -0.4 is 10.5 Å². The van der Waals surface area contributed by atoms with Gasteiger partial charge < -0.3 is 5.32 Å². The van der Waals surface area contributed by atoms with Gasteiger partial charge in [-0.2, -0.15) is 0 Å². The number of hydrogen-bond donors (Lipinski definition) is 2. The molecule has 0 bridgehead atoms. The molecule has 118 valence electrons. The first-order valence-corrected chi connectivity index (χ1v) is 8.64. The van der Waals surface area contributed by atoms with Crippen LogP contribution in [0.15, 0.2) is 4.21 Å². The molecule has 1 fully saturated rings. The average Bonchev–Trinajstić information content (AvgIpc) is 2.69. The molecule has 1 aromatic rings. The minimum absolute atomic E-state index is 0.102. The molecule has 1 aliphatic carbocycles. The van der Waals surface area contributed by atoms with Crippen molar-refractivity contribution < 1.29 is 22.0 Å². The van der Waals surface area contributed by atoms with Gasteiger partial charge in [0.25, 0.3) is 0 Å². The second-order valence-electron chi connectivity index (χ2n) is 5.06. The molecule has 1 aliphatic rings. The van der Waals surface area contributed by atoms with Gasteiger partial charge in [0.1, 0.15) is 0 Å². The van der Waals surface area contributed by atoms with Crippen LogP contribution in [-0.2, 0) is 14.8 Å². The second kappa shape index (κ2) is 5.58. The summed E-state index contributed by atoms with van der Waals surface area (Å²) in [6, 6.07) is 0. The Bertz CT molecular complexity index is 648. The molecular weight excluding hydrogens is 324 g/mol. The van der Waals surface area contributed by atoms with Gasteiger partial charge in [-0.1, -0.05) is 11.3 Å². The lowest BCUT2D eigenvalue weighted by atomic mass is 9.86. The SMILES string of the molecule is Cc1nc(NC(=O)C2CCC(F)(F)CC2)sc1S(N)(=O)=O. The molecule has 0 unspecified atom stereocenters. The van der Waals surface area contributed by atoms with Crippen molar-refractivity contribution in [3.8, 4) is 0 Å². The van der Waals surface area contributed by atoms with E-state index in [1.54, 1.807) is 0 Å². The summed E-state index contributed by atoms with van der Waals surface area (Å²) in [6.07, 6.45) is -0.425. The number of anilines is 1. The van der Waals surface area contributed by atoms with Crippen molar-refractivity contribution in [2.75, 3.05) is 5.32 Å². The van der Waals surface area contributed by atoms with Crippen LogP contribution in [0.3, 0.4) is 0 Å². The molecule has 0 radical (unpaired) electrons. The Hall–Kier alpha value is -1.13. The number of amides is 1. The number of carbonyl (C=O) groups is 1. The number of sulfonamides is 1. The molecule has 2 rings (SSSR count). The van der Waals surface area contributed by atoms with E-state index in [0.717, 1.165) is 11.3 Å². The molecule has 1 saturated carbocycles. The quantitative estimate of drug-likeness (QED) is 0.877. The van der Waals surface area contributed by atoms with Gasteiger partial charge in [0.15, 0.2) is 9.34 Å². The zero-order valence-corrected chi connectivity index (χ0v) is 12.9. The zero-order valence-electron chi connectivity index (χ0n) is 11.2. The normalized spacial score (nSPS) is 19.4. The summed E-state index contributed by atoms with van der Waals surface area (Å²) < 4.78 is 48.5. The number of hydrogen-bond acceptors (Lipinski definition) is 5. The number of rotatable bonds is 3. The molecule has 10 heteroatoms. The third kappa shape index (κ3) is 3.95. The molecule has 1 heterocycles. The Labute approximate surface area is 124 Å². The summed E-state index contributed by atoms with van der Waals surface area (Å²) in [4.78, 5) is 15.9. The van der Waals surface area contributed by atoms with Crippen molar-refractivity contribution in [2.45, 2.75) is 42.7 Å². The highest BCUT2D eigenvalue weighted by molar-refractivity contribution is 7.91. The first-order chi connectivity index (χ1) is 9.58. The number of primary sulfonamides is 1. The Morgan fingerprint density at radius 2 is 2.00 bits per heavy atom. The van der Waals surface area contributed by atoms with E-state index in [9.17, 15) is 22.0 Å². The van der Waals surface area contributed by atoms with Gasteiger partial charge in [-0.15, -0.1) is 0 Å². The molecule has 6 nitrogen and oxygen atoms in total. The molecule has 0 aromatic carbocycles. The fourth-order valence-corrected chi connectivity index (χ4v) is 4.07.